The molecule has 1 aliphatic carbocycles. The number of hydrogen-bond acceptors (Lipinski definition) is 3. The Morgan fingerprint density at radius 2 is 2.09 bits per heavy atom. The second-order valence-corrected chi connectivity index (χ2v) is 5.56. The second-order valence-electron chi connectivity index (χ2n) is 5.56. The molecule has 23 heavy (non-hydrogen) atoms. The van der Waals surface area contributed by atoms with Gasteiger partial charge in [0.2, 0.25) is 11.5 Å². The van der Waals surface area contributed by atoms with Crippen LogP contribution in [-0.4, -0.2) is 50.7 Å². The number of aromatic nitrogens is 2. The number of alkyl halides is 5. The van der Waals surface area contributed by atoms with Crippen LogP contribution in [0.15, 0.2) is 12.4 Å². The van der Waals surface area contributed by atoms with Gasteiger partial charge in [0.1, 0.15) is 0 Å². The predicted molar refractivity (Wildman–Crippen MR) is 68.5 cm³/mol. The van der Waals surface area contributed by atoms with Crippen molar-refractivity contribution >= 4 is 5.91 Å². The topological polar surface area (TPSA) is 58.4 Å². The van der Waals surface area contributed by atoms with Gasteiger partial charge in [0, 0.05) is 25.5 Å². The van der Waals surface area contributed by atoms with Gasteiger partial charge in [-0.05, 0) is 12.8 Å². The van der Waals surface area contributed by atoms with Crippen molar-refractivity contribution in [2.24, 2.45) is 7.05 Å². The Morgan fingerprint density at radius 3 is 2.48 bits per heavy atom. The molecule has 1 amide bonds. The molecule has 10 heteroatoms. The highest BCUT2D eigenvalue weighted by molar-refractivity contribution is 5.78. The van der Waals surface area contributed by atoms with E-state index in [2.05, 4.69) is 4.98 Å². The molecule has 0 spiro atoms. The van der Waals surface area contributed by atoms with E-state index in [9.17, 15) is 31.9 Å². The maximum Gasteiger partial charge on any atom is 0.425 e. The Hall–Kier alpha value is -1.71. The van der Waals surface area contributed by atoms with Crippen molar-refractivity contribution in [1.29, 1.82) is 0 Å². The maximum absolute atomic E-state index is 13.3. The molecule has 0 aromatic carbocycles. The molecular weight excluding hydrogens is 325 g/mol. The molecule has 0 aliphatic heterocycles. The van der Waals surface area contributed by atoms with E-state index >= 15 is 0 Å². The lowest BCUT2D eigenvalue weighted by molar-refractivity contribution is -0.272. The van der Waals surface area contributed by atoms with Crippen molar-refractivity contribution in [3.8, 4) is 0 Å². The SMILES string of the molecule is Cn1ccnc1C(O)(CC(=O)N(CC(F)F)C1CC1)C(F)(F)F. The summed E-state index contributed by atoms with van der Waals surface area (Å²) in [5.74, 6) is -1.93. The van der Waals surface area contributed by atoms with Gasteiger partial charge in [0.25, 0.3) is 6.43 Å². The third kappa shape index (κ3) is 3.62. The fraction of sp³-hybridized carbons (Fsp3) is 0.692. The lowest BCUT2D eigenvalue weighted by atomic mass is 9.96. The van der Waals surface area contributed by atoms with Gasteiger partial charge in [-0.3, -0.25) is 4.79 Å². The Morgan fingerprint density at radius 1 is 1.48 bits per heavy atom. The zero-order valence-corrected chi connectivity index (χ0v) is 12.2. The first-order valence-corrected chi connectivity index (χ1v) is 6.91. The largest absolute Gasteiger partial charge is 0.425 e. The third-order valence-electron chi connectivity index (χ3n) is 3.71. The summed E-state index contributed by atoms with van der Waals surface area (Å²) in [5, 5.41) is 10.1. The molecule has 1 aromatic heterocycles. The van der Waals surface area contributed by atoms with E-state index in [1.54, 1.807) is 0 Å². The van der Waals surface area contributed by atoms with Crippen molar-refractivity contribution in [2.45, 2.75) is 43.5 Å². The first kappa shape index (κ1) is 17.6. The van der Waals surface area contributed by atoms with Crippen LogP contribution in [0, 0.1) is 0 Å². The van der Waals surface area contributed by atoms with Crippen molar-refractivity contribution in [2.75, 3.05) is 6.54 Å². The van der Waals surface area contributed by atoms with Gasteiger partial charge in [-0.2, -0.15) is 13.2 Å². The summed E-state index contributed by atoms with van der Waals surface area (Å²) in [4.78, 5) is 16.3. The molecule has 1 aromatic rings. The first-order chi connectivity index (χ1) is 10.6. The maximum atomic E-state index is 13.3. The number of carbonyl (C=O) groups excluding carboxylic acids is 1. The monoisotopic (exact) mass is 341 g/mol. The van der Waals surface area contributed by atoms with Crippen molar-refractivity contribution < 1.29 is 31.9 Å². The van der Waals surface area contributed by atoms with Crippen molar-refractivity contribution in [3.63, 3.8) is 0 Å². The molecule has 2 rings (SSSR count). The van der Waals surface area contributed by atoms with Crippen molar-refractivity contribution in [1.82, 2.24) is 14.5 Å². The van der Waals surface area contributed by atoms with Crippen molar-refractivity contribution in [3.05, 3.63) is 18.2 Å². The minimum Gasteiger partial charge on any atom is -0.374 e. The summed E-state index contributed by atoms with van der Waals surface area (Å²) >= 11 is 0. The summed E-state index contributed by atoms with van der Waals surface area (Å²) < 4.78 is 66.0. The predicted octanol–water partition coefficient (Wildman–Crippen LogP) is 1.82. The fourth-order valence-corrected chi connectivity index (χ4v) is 2.38. The van der Waals surface area contributed by atoms with E-state index in [0.717, 1.165) is 10.8 Å². The number of amides is 1. The minimum absolute atomic E-state index is 0.464. The van der Waals surface area contributed by atoms with E-state index in [1.807, 2.05) is 0 Å². The lowest BCUT2D eigenvalue weighted by Gasteiger charge is -2.32. The summed E-state index contributed by atoms with van der Waals surface area (Å²) in [6.45, 7) is -0.946. The van der Waals surface area contributed by atoms with Crippen LogP contribution in [0.1, 0.15) is 25.1 Å². The number of aliphatic hydroxyl groups is 1. The van der Waals surface area contributed by atoms with E-state index in [0.29, 0.717) is 17.7 Å². The lowest BCUT2D eigenvalue weighted by Crippen LogP contribution is -2.49. The Balaban J connectivity index is 2.27. The number of halogens is 5. The summed E-state index contributed by atoms with van der Waals surface area (Å²) in [7, 11) is 1.24. The van der Waals surface area contributed by atoms with E-state index in [-0.39, 0.29) is 0 Å². The Bertz CT molecular complexity index is 570. The summed E-state index contributed by atoms with van der Waals surface area (Å²) in [6, 6.07) is -0.490. The van der Waals surface area contributed by atoms with E-state index < -0.39 is 48.9 Å². The van der Waals surface area contributed by atoms with Crippen LogP contribution >= 0.6 is 0 Å². The molecule has 1 aliphatic rings. The van der Waals surface area contributed by atoms with Crippen LogP contribution in [0.3, 0.4) is 0 Å². The van der Waals surface area contributed by atoms with Gasteiger partial charge in [0.05, 0.1) is 13.0 Å². The first-order valence-electron chi connectivity index (χ1n) is 6.91. The minimum atomic E-state index is -5.18. The highest BCUT2D eigenvalue weighted by Gasteiger charge is 2.59. The Kier molecular flexibility index (Phi) is 4.65. The molecular formula is C13H16F5N3O2. The average Bonchev–Trinajstić information content (AvgIpc) is 3.15. The average molecular weight is 341 g/mol. The van der Waals surface area contributed by atoms with E-state index in [4.69, 9.17) is 0 Å². The molecule has 130 valence electrons. The number of nitrogens with zero attached hydrogens (tertiary/aromatic N) is 3. The van der Waals surface area contributed by atoms with Gasteiger partial charge in [-0.1, -0.05) is 0 Å². The Labute approximate surface area is 128 Å². The van der Waals surface area contributed by atoms with Crippen LogP contribution in [0.2, 0.25) is 0 Å². The molecule has 1 fully saturated rings. The standard InChI is InChI=1S/C13H16F5N3O2/c1-20-5-4-19-11(20)12(23,13(16,17)18)6-10(22)21(7-9(14)15)8-2-3-8/h4-5,8-9,23H,2-3,6-7H2,1H3. The van der Waals surface area contributed by atoms with Gasteiger partial charge >= 0.3 is 6.18 Å². The summed E-state index contributed by atoms with van der Waals surface area (Å²) in [6.07, 6.45) is -6.25. The molecule has 5 nitrogen and oxygen atoms in total. The van der Waals surface area contributed by atoms with Crippen LogP contribution in [-0.2, 0) is 17.4 Å². The zero-order chi connectivity index (χ0) is 17.4. The van der Waals surface area contributed by atoms with Crippen LogP contribution in [0.4, 0.5) is 22.0 Å². The highest BCUT2D eigenvalue weighted by atomic mass is 19.4. The smallest absolute Gasteiger partial charge is 0.374 e. The van der Waals surface area contributed by atoms with Crippen LogP contribution < -0.4 is 0 Å². The molecule has 1 atom stereocenters. The fourth-order valence-electron chi connectivity index (χ4n) is 2.38. The van der Waals surface area contributed by atoms with Gasteiger partial charge < -0.3 is 14.6 Å². The number of imidazole rings is 1. The molecule has 1 saturated carbocycles. The van der Waals surface area contributed by atoms with Gasteiger partial charge in [0.15, 0.2) is 5.82 Å². The zero-order valence-electron chi connectivity index (χ0n) is 12.2. The highest BCUT2D eigenvalue weighted by Crippen LogP contribution is 2.42. The number of carbonyl (C=O) groups is 1. The number of rotatable bonds is 6. The molecule has 0 saturated heterocycles. The van der Waals surface area contributed by atoms with Crippen LogP contribution in [0.5, 0.6) is 0 Å². The normalized spacial score (nSPS) is 18.1. The molecule has 0 radical (unpaired) electrons. The molecule has 1 N–H and O–H groups in total. The molecule has 1 heterocycles. The van der Waals surface area contributed by atoms with Crippen LogP contribution in [0.25, 0.3) is 0 Å². The van der Waals surface area contributed by atoms with E-state index in [1.165, 1.54) is 13.2 Å². The summed E-state index contributed by atoms with van der Waals surface area (Å²) in [5.41, 5.74) is -3.53. The quantitative estimate of drug-likeness (QED) is 0.803. The second kappa shape index (κ2) is 6.06. The number of hydrogen-bond donors (Lipinski definition) is 1. The molecule has 1 unspecified atom stereocenters. The third-order valence-corrected chi connectivity index (χ3v) is 3.71. The number of aryl methyl sites for hydroxylation is 1. The van der Waals surface area contributed by atoms with Gasteiger partial charge in [-0.25, -0.2) is 13.8 Å². The molecule has 0 bridgehead atoms. The van der Waals surface area contributed by atoms with Gasteiger partial charge in [-0.15, -0.1) is 0 Å².